The lowest BCUT2D eigenvalue weighted by Crippen LogP contribution is -2.38. The Kier molecular flexibility index (Phi) is 5.63. The zero-order chi connectivity index (χ0) is 17.0. The van der Waals surface area contributed by atoms with E-state index in [0.717, 1.165) is 11.3 Å². The van der Waals surface area contributed by atoms with Gasteiger partial charge in [0.1, 0.15) is 0 Å². The number of amides is 2. The van der Waals surface area contributed by atoms with Gasteiger partial charge in [0.25, 0.3) is 5.91 Å². The van der Waals surface area contributed by atoms with Crippen molar-refractivity contribution >= 4 is 35.0 Å². The monoisotopic (exact) mass is 354 g/mol. The molecule has 2 aromatic rings. The van der Waals surface area contributed by atoms with Crippen molar-refractivity contribution < 1.29 is 9.59 Å². The molecule has 1 heterocycles. The average molecular weight is 355 g/mol. The summed E-state index contributed by atoms with van der Waals surface area (Å²) in [6, 6.07) is 4.59. The van der Waals surface area contributed by atoms with Crippen LogP contribution in [0.4, 0.5) is 0 Å². The number of carbonyl (C=O) groups excluding carboxylic acids is 2. The highest BCUT2D eigenvalue weighted by Gasteiger charge is 2.15. The Morgan fingerprint density at radius 1 is 1.35 bits per heavy atom. The molecular weight excluding hydrogens is 339 g/mol. The Hall–Kier alpha value is -2.05. The molecule has 0 unspecified atom stereocenters. The molecule has 0 radical (unpaired) electrons. The minimum Gasteiger partial charge on any atom is -0.343 e. The van der Waals surface area contributed by atoms with Crippen molar-refractivity contribution in [1.82, 2.24) is 20.4 Å². The minimum atomic E-state index is -0.446. The van der Waals surface area contributed by atoms with E-state index in [4.69, 9.17) is 23.2 Å². The highest BCUT2D eigenvalue weighted by Crippen LogP contribution is 2.20. The number of hydrogen-bond acceptors (Lipinski definition) is 3. The van der Waals surface area contributed by atoms with E-state index in [9.17, 15) is 9.59 Å². The molecule has 0 atom stereocenters. The van der Waals surface area contributed by atoms with Crippen LogP contribution in [0.3, 0.4) is 0 Å². The van der Waals surface area contributed by atoms with Gasteiger partial charge >= 0.3 is 0 Å². The molecule has 2 N–H and O–H groups in total. The maximum absolute atomic E-state index is 12.1. The summed E-state index contributed by atoms with van der Waals surface area (Å²) in [6.45, 7) is 2.16. The molecule has 2 rings (SSSR count). The number of halogens is 2. The number of aromatic amines is 1. The summed E-state index contributed by atoms with van der Waals surface area (Å²) in [7, 11) is 1.66. The second-order valence-electron chi connectivity index (χ2n) is 5.08. The summed E-state index contributed by atoms with van der Waals surface area (Å²) in [4.78, 5) is 25.7. The summed E-state index contributed by atoms with van der Waals surface area (Å²) in [6.07, 6.45) is 1.67. The fourth-order valence-electron chi connectivity index (χ4n) is 1.94. The van der Waals surface area contributed by atoms with Crippen molar-refractivity contribution in [3.8, 4) is 0 Å². The standard InChI is InChI=1S/C15H16Cl2N4O2/c1-9-10(6-19-20-9)8-21(2)14(22)7-18-15(23)12-5-11(16)3-4-13(12)17/h3-6H,7-8H2,1-2H3,(H,18,23)(H,19,20). The zero-order valence-electron chi connectivity index (χ0n) is 12.7. The van der Waals surface area contributed by atoms with Gasteiger partial charge in [-0.3, -0.25) is 14.7 Å². The number of carbonyl (C=O) groups is 2. The molecule has 8 heteroatoms. The Balaban J connectivity index is 1.92. The van der Waals surface area contributed by atoms with Gasteiger partial charge in [0, 0.05) is 29.9 Å². The first-order chi connectivity index (χ1) is 10.9. The molecule has 0 spiro atoms. The van der Waals surface area contributed by atoms with Gasteiger partial charge in [-0.2, -0.15) is 5.10 Å². The number of aryl methyl sites for hydroxylation is 1. The SMILES string of the molecule is Cc1[nH]ncc1CN(C)C(=O)CNC(=O)c1cc(Cl)ccc1Cl. The van der Waals surface area contributed by atoms with Crippen molar-refractivity contribution in [2.24, 2.45) is 0 Å². The molecule has 122 valence electrons. The van der Waals surface area contributed by atoms with Gasteiger partial charge in [-0.05, 0) is 25.1 Å². The van der Waals surface area contributed by atoms with Crippen LogP contribution >= 0.6 is 23.2 Å². The fraction of sp³-hybridized carbons (Fsp3) is 0.267. The number of hydrogen-bond donors (Lipinski definition) is 2. The number of nitrogens with zero attached hydrogens (tertiary/aromatic N) is 2. The molecule has 0 aliphatic rings. The third-order valence-electron chi connectivity index (χ3n) is 3.34. The van der Waals surface area contributed by atoms with Crippen LogP contribution in [0.25, 0.3) is 0 Å². The van der Waals surface area contributed by atoms with Crippen LogP contribution in [-0.2, 0) is 11.3 Å². The highest BCUT2D eigenvalue weighted by molar-refractivity contribution is 6.35. The van der Waals surface area contributed by atoms with Crippen molar-refractivity contribution in [2.75, 3.05) is 13.6 Å². The minimum absolute atomic E-state index is 0.130. The number of aromatic nitrogens is 2. The molecule has 0 aliphatic carbocycles. The summed E-state index contributed by atoms with van der Waals surface area (Å²) >= 11 is 11.8. The summed E-state index contributed by atoms with van der Waals surface area (Å²) < 4.78 is 0. The third kappa shape index (κ3) is 4.46. The Labute approximate surface area is 143 Å². The Morgan fingerprint density at radius 3 is 2.74 bits per heavy atom. The maximum atomic E-state index is 12.1. The molecule has 1 aromatic carbocycles. The highest BCUT2D eigenvalue weighted by atomic mass is 35.5. The molecular formula is C15H16Cl2N4O2. The topological polar surface area (TPSA) is 78.1 Å². The fourth-order valence-corrected chi connectivity index (χ4v) is 2.31. The summed E-state index contributed by atoms with van der Waals surface area (Å²) in [5.41, 5.74) is 2.06. The van der Waals surface area contributed by atoms with Crippen molar-refractivity contribution in [3.05, 3.63) is 51.3 Å². The number of likely N-dealkylation sites (N-methyl/N-ethyl adjacent to an activating group) is 1. The van der Waals surface area contributed by atoms with E-state index < -0.39 is 5.91 Å². The van der Waals surface area contributed by atoms with Gasteiger partial charge in [-0.15, -0.1) is 0 Å². The first-order valence-corrected chi connectivity index (χ1v) is 7.60. The molecule has 0 fully saturated rings. The number of benzene rings is 1. The molecule has 0 saturated carbocycles. The first kappa shape index (κ1) is 17.3. The van der Waals surface area contributed by atoms with Crippen molar-refractivity contribution in [3.63, 3.8) is 0 Å². The lowest BCUT2D eigenvalue weighted by atomic mass is 10.2. The molecule has 1 aromatic heterocycles. The normalized spacial score (nSPS) is 10.4. The predicted molar refractivity (Wildman–Crippen MR) is 88.6 cm³/mol. The molecule has 6 nitrogen and oxygen atoms in total. The van der Waals surface area contributed by atoms with Gasteiger partial charge in [-0.1, -0.05) is 23.2 Å². The van der Waals surface area contributed by atoms with Gasteiger partial charge in [0.15, 0.2) is 0 Å². The summed E-state index contributed by atoms with van der Waals surface area (Å²) in [5, 5.41) is 9.94. The maximum Gasteiger partial charge on any atom is 0.253 e. The molecule has 0 bridgehead atoms. The van der Waals surface area contributed by atoms with E-state index in [1.54, 1.807) is 19.3 Å². The van der Waals surface area contributed by atoms with Gasteiger partial charge in [-0.25, -0.2) is 0 Å². The van der Waals surface area contributed by atoms with Crippen molar-refractivity contribution in [2.45, 2.75) is 13.5 Å². The summed E-state index contributed by atoms with van der Waals surface area (Å²) in [5.74, 6) is -0.671. The Morgan fingerprint density at radius 2 is 2.09 bits per heavy atom. The lowest BCUT2D eigenvalue weighted by molar-refractivity contribution is -0.129. The van der Waals surface area contributed by atoms with E-state index in [2.05, 4.69) is 15.5 Å². The van der Waals surface area contributed by atoms with E-state index in [1.165, 1.54) is 17.0 Å². The van der Waals surface area contributed by atoms with Crippen LogP contribution in [0, 0.1) is 6.92 Å². The van der Waals surface area contributed by atoms with Gasteiger partial charge in [0.05, 0.1) is 23.3 Å². The molecule has 0 aliphatic heterocycles. The smallest absolute Gasteiger partial charge is 0.253 e. The Bertz CT molecular complexity index is 730. The molecule has 2 amide bonds. The largest absolute Gasteiger partial charge is 0.343 e. The number of H-pyrrole nitrogens is 1. The van der Waals surface area contributed by atoms with Crippen LogP contribution < -0.4 is 5.32 Å². The average Bonchev–Trinajstić information content (AvgIpc) is 2.92. The van der Waals surface area contributed by atoms with E-state index in [-0.39, 0.29) is 23.0 Å². The van der Waals surface area contributed by atoms with Crippen molar-refractivity contribution in [1.29, 1.82) is 0 Å². The second-order valence-corrected chi connectivity index (χ2v) is 5.92. The van der Waals surface area contributed by atoms with Crippen LogP contribution in [0.5, 0.6) is 0 Å². The quantitative estimate of drug-likeness (QED) is 0.865. The number of nitrogens with one attached hydrogen (secondary N) is 2. The molecule has 23 heavy (non-hydrogen) atoms. The molecule has 0 saturated heterocycles. The first-order valence-electron chi connectivity index (χ1n) is 6.84. The van der Waals surface area contributed by atoms with E-state index >= 15 is 0 Å². The van der Waals surface area contributed by atoms with Gasteiger partial charge in [0.2, 0.25) is 5.91 Å². The van der Waals surface area contributed by atoms with E-state index in [0.29, 0.717) is 11.6 Å². The van der Waals surface area contributed by atoms with Gasteiger partial charge < -0.3 is 10.2 Å². The van der Waals surface area contributed by atoms with Crippen LogP contribution in [-0.4, -0.2) is 40.5 Å². The zero-order valence-corrected chi connectivity index (χ0v) is 14.2. The van der Waals surface area contributed by atoms with Crippen LogP contribution in [0.15, 0.2) is 24.4 Å². The third-order valence-corrected chi connectivity index (χ3v) is 3.91. The van der Waals surface area contributed by atoms with E-state index in [1.807, 2.05) is 6.92 Å². The number of rotatable bonds is 5. The second kappa shape index (κ2) is 7.48. The van der Waals surface area contributed by atoms with Crippen LogP contribution in [0.1, 0.15) is 21.6 Å². The van der Waals surface area contributed by atoms with Crippen LogP contribution in [0.2, 0.25) is 10.0 Å². The lowest BCUT2D eigenvalue weighted by Gasteiger charge is -2.17. The predicted octanol–water partition coefficient (Wildman–Crippen LogP) is 2.41.